The predicted octanol–water partition coefficient (Wildman–Crippen LogP) is 2.61. The number of nitrogens with one attached hydrogen (secondary N) is 1. The van der Waals surface area contributed by atoms with Crippen molar-refractivity contribution in [1.29, 1.82) is 0 Å². The van der Waals surface area contributed by atoms with E-state index in [-0.39, 0.29) is 5.69 Å². The van der Waals surface area contributed by atoms with Crippen molar-refractivity contribution in [3.63, 3.8) is 0 Å². The number of nitrogens with zero attached hydrogens (tertiary/aromatic N) is 3. The summed E-state index contributed by atoms with van der Waals surface area (Å²) in [7, 11) is 0. The van der Waals surface area contributed by atoms with E-state index in [2.05, 4.69) is 39.2 Å². The van der Waals surface area contributed by atoms with E-state index < -0.39 is 0 Å². The summed E-state index contributed by atoms with van der Waals surface area (Å²) in [5.74, 6) is 0.391. The number of aryl methyl sites for hydroxylation is 1. The number of hydrogen-bond donors (Lipinski definition) is 2. The van der Waals surface area contributed by atoms with Crippen LogP contribution >= 0.6 is 0 Å². The van der Waals surface area contributed by atoms with Gasteiger partial charge >= 0.3 is 5.69 Å². The van der Waals surface area contributed by atoms with Crippen LogP contribution in [0.3, 0.4) is 0 Å². The lowest BCUT2D eigenvalue weighted by atomic mass is 10.2. The number of nitrogen functional groups attached to an aromatic ring is 1. The van der Waals surface area contributed by atoms with Gasteiger partial charge in [-0.25, -0.2) is 9.78 Å². The molecular formula is C21H29N5O2. The number of pyridine rings is 1. The number of morpholine rings is 1. The number of rotatable bonds is 4. The van der Waals surface area contributed by atoms with Gasteiger partial charge in [-0.05, 0) is 18.9 Å². The van der Waals surface area contributed by atoms with Gasteiger partial charge in [-0.2, -0.15) is 0 Å². The Labute approximate surface area is 165 Å². The number of aromatic amines is 1. The van der Waals surface area contributed by atoms with Crippen LogP contribution < -0.4 is 11.4 Å². The van der Waals surface area contributed by atoms with E-state index in [1.54, 1.807) is 4.57 Å². The van der Waals surface area contributed by atoms with E-state index in [0.717, 1.165) is 56.9 Å². The molecule has 0 spiro atoms. The third-order valence-corrected chi connectivity index (χ3v) is 4.66. The number of imidazole rings is 1. The Morgan fingerprint density at radius 3 is 2.57 bits per heavy atom. The molecule has 7 heteroatoms. The molecule has 150 valence electrons. The average molecular weight is 383 g/mol. The second kappa shape index (κ2) is 10.1. The first kappa shape index (κ1) is 20.1. The Balaban J connectivity index is 0.000000271. The molecule has 0 amide bonds. The molecule has 1 aliphatic carbocycles. The number of H-pyrrole nitrogens is 1. The Hall–Kier alpha value is -2.64. The number of anilines is 1. The van der Waals surface area contributed by atoms with Crippen LogP contribution in [0, 0.1) is 0 Å². The average Bonchev–Trinajstić information content (AvgIpc) is 2.89. The topological polar surface area (TPSA) is 89.2 Å². The number of nitrogens with two attached hydrogens (primary N) is 1. The van der Waals surface area contributed by atoms with Gasteiger partial charge in [0.05, 0.1) is 24.4 Å². The molecule has 0 unspecified atom stereocenters. The lowest BCUT2D eigenvalue weighted by molar-refractivity contribution is 0.0337. The summed E-state index contributed by atoms with van der Waals surface area (Å²) in [6.45, 7) is 6.76. The summed E-state index contributed by atoms with van der Waals surface area (Å²) >= 11 is 0. The van der Waals surface area contributed by atoms with Crippen molar-refractivity contribution in [3.8, 4) is 0 Å². The Morgan fingerprint density at radius 1 is 1.18 bits per heavy atom. The monoisotopic (exact) mass is 383 g/mol. The second-order valence-electron chi connectivity index (χ2n) is 6.84. The molecule has 0 radical (unpaired) electrons. The SMILES string of the molecule is C1=CC=CCC=C1.CCCn1c(=O)[nH]c2c(N)nc(CN3CCOCC3)cc21. The largest absolute Gasteiger partial charge is 0.382 e. The first-order valence-corrected chi connectivity index (χ1v) is 9.85. The maximum atomic E-state index is 12.0. The molecule has 28 heavy (non-hydrogen) atoms. The van der Waals surface area contributed by atoms with Crippen molar-refractivity contribution in [2.45, 2.75) is 32.9 Å². The van der Waals surface area contributed by atoms with Gasteiger partial charge in [-0.1, -0.05) is 43.4 Å². The molecule has 1 saturated heterocycles. The van der Waals surface area contributed by atoms with Crippen molar-refractivity contribution in [2.75, 3.05) is 32.0 Å². The van der Waals surface area contributed by atoms with E-state index in [9.17, 15) is 4.79 Å². The van der Waals surface area contributed by atoms with Crippen molar-refractivity contribution < 1.29 is 4.74 Å². The molecule has 0 bridgehead atoms. The minimum atomic E-state index is -0.121. The Morgan fingerprint density at radius 2 is 1.89 bits per heavy atom. The van der Waals surface area contributed by atoms with Gasteiger partial charge in [0, 0.05) is 26.2 Å². The number of aromatic nitrogens is 3. The predicted molar refractivity (Wildman–Crippen MR) is 113 cm³/mol. The van der Waals surface area contributed by atoms with Gasteiger partial charge in [0.15, 0.2) is 0 Å². The standard InChI is InChI=1S/C14H21N5O2.C7H8/c1-2-3-19-11-8-10(9-18-4-6-21-7-5-18)16-13(15)12(11)17-14(19)20;1-2-4-6-7-5-3-1/h8H,2-7,9H2,1H3,(H2,15,16)(H,17,20);1-6H,7H2. The van der Waals surface area contributed by atoms with Gasteiger partial charge < -0.3 is 15.5 Å². The third kappa shape index (κ3) is 5.21. The highest BCUT2D eigenvalue weighted by atomic mass is 16.5. The van der Waals surface area contributed by atoms with Crippen LogP contribution in [-0.2, 0) is 17.8 Å². The summed E-state index contributed by atoms with van der Waals surface area (Å²) in [6.07, 6.45) is 14.4. The van der Waals surface area contributed by atoms with Crippen molar-refractivity contribution in [1.82, 2.24) is 19.4 Å². The fourth-order valence-corrected chi connectivity index (χ4v) is 3.26. The zero-order valence-corrected chi connectivity index (χ0v) is 16.4. The minimum absolute atomic E-state index is 0.121. The first-order valence-electron chi connectivity index (χ1n) is 9.85. The smallest absolute Gasteiger partial charge is 0.326 e. The highest BCUT2D eigenvalue weighted by molar-refractivity contribution is 5.85. The normalized spacial score (nSPS) is 16.8. The lowest BCUT2D eigenvalue weighted by Gasteiger charge is -2.26. The molecule has 7 nitrogen and oxygen atoms in total. The molecule has 0 saturated carbocycles. The van der Waals surface area contributed by atoms with Gasteiger partial charge in [0.1, 0.15) is 11.3 Å². The summed E-state index contributed by atoms with van der Waals surface area (Å²) < 4.78 is 7.08. The maximum Gasteiger partial charge on any atom is 0.326 e. The lowest BCUT2D eigenvalue weighted by Crippen LogP contribution is -2.35. The van der Waals surface area contributed by atoms with Gasteiger partial charge in [-0.3, -0.25) is 9.47 Å². The van der Waals surface area contributed by atoms with Crippen LogP contribution in [0.1, 0.15) is 25.5 Å². The molecular weight excluding hydrogens is 354 g/mol. The van der Waals surface area contributed by atoms with Crippen molar-refractivity contribution >= 4 is 16.9 Å². The van der Waals surface area contributed by atoms with Gasteiger partial charge in [-0.15, -0.1) is 0 Å². The number of fused-ring (bicyclic) bond motifs is 1. The van der Waals surface area contributed by atoms with Crippen LogP contribution in [0.25, 0.3) is 11.0 Å². The summed E-state index contributed by atoms with van der Waals surface area (Å²) in [5.41, 5.74) is 8.26. The van der Waals surface area contributed by atoms with E-state index in [4.69, 9.17) is 10.5 Å². The van der Waals surface area contributed by atoms with Crippen LogP contribution in [0.5, 0.6) is 0 Å². The fraction of sp³-hybridized carbons (Fsp3) is 0.429. The third-order valence-electron chi connectivity index (χ3n) is 4.66. The quantitative estimate of drug-likeness (QED) is 0.847. The summed E-state index contributed by atoms with van der Waals surface area (Å²) in [6, 6.07) is 1.97. The van der Waals surface area contributed by atoms with Crippen LogP contribution in [0.2, 0.25) is 0 Å². The molecule has 1 fully saturated rings. The van der Waals surface area contributed by atoms with E-state index in [0.29, 0.717) is 17.9 Å². The van der Waals surface area contributed by atoms with E-state index in [1.807, 2.05) is 25.1 Å². The number of allylic oxidation sites excluding steroid dienone is 6. The molecule has 3 heterocycles. The molecule has 0 aromatic carbocycles. The first-order chi connectivity index (χ1) is 13.7. The molecule has 4 rings (SSSR count). The van der Waals surface area contributed by atoms with Crippen LogP contribution in [-0.4, -0.2) is 45.7 Å². The van der Waals surface area contributed by atoms with Gasteiger partial charge in [0.2, 0.25) is 0 Å². The highest BCUT2D eigenvalue weighted by Gasteiger charge is 2.15. The number of ether oxygens (including phenoxy) is 1. The number of hydrogen-bond acceptors (Lipinski definition) is 5. The highest BCUT2D eigenvalue weighted by Crippen LogP contribution is 2.19. The van der Waals surface area contributed by atoms with Gasteiger partial charge in [0.25, 0.3) is 0 Å². The van der Waals surface area contributed by atoms with Crippen molar-refractivity contribution in [3.05, 3.63) is 58.7 Å². The zero-order chi connectivity index (χ0) is 19.8. The Kier molecular flexibility index (Phi) is 7.22. The maximum absolute atomic E-state index is 12.0. The van der Waals surface area contributed by atoms with Crippen LogP contribution in [0.4, 0.5) is 5.82 Å². The van der Waals surface area contributed by atoms with E-state index in [1.165, 1.54) is 0 Å². The van der Waals surface area contributed by atoms with E-state index >= 15 is 0 Å². The van der Waals surface area contributed by atoms with Crippen molar-refractivity contribution in [2.24, 2.45) is 0 Å². The minimum Gasteiger partial charge on any atom is -0.382 e. The molecule has 3 N–H and O–H groups in total. The fourth-order valence-electron chi connectivity index (χ4n) is 3.26. The second-order valence-corrected chi connectivity index (χ2v) is 6.84. The van der Waals surface area contributed by atoms with Crippen LogP contribution in [0.15, 0.2) is 47.3 Å². The molecule has 0 atom stereocenters. The Bertz CT molecular complexity index is 903. The molecule has 2 aromatic heterocycles. The molecule has 1 aliphatic heterocycles. The summed E-state index contributed by atoms with van der Waals surface area (Å²) in [4.78, 5) is 21.5. The summed E-state index contributed by atoms with van der Waals surface area (Å²) in [5, 5.41) is 0. The molecule has 2 aromatic rings. The molecule has 2 aliphatic rings. The zero-order valence-electron chi connectivity index (χ0n) is 16.4.